The zero-order valence-electron chi connectivity index (χ0n) is 37.2. The standard InChI is InChI=1S/C65H46N2/c1-3-18-50(19-4-1)65(51-20-5-2-6-21-51)57-40-43(26-34-54(57)55-37-33-52(42-58(55)65)66-39-13-17-45-14-7-10-22-59(45)66)25-27-44-28-29-46-31-36-56-62(38-32-47-30-35-53(44)63(46)64(47)56)67-60-23-11-8-15-48(60)41-49-16-9-12-24-61(49)67/h1-12,14-16,18-38,40,42H,13,17,39,41H2/b27-25+. The second-order valence-corrected chi connectivity index (χ2v) is 18.7. The van der Waals surface area contributed by atoms with E-state index in [0.29, 0.717) is 0 Å². The van der Waals surface area contributed by atoms with Gasteiger partial charge in [-0.25, -0.2) is 0 Å². The van der Waals surface area contributed by atoms with Crippen LogP contribution in [0.5, 0.6) is 0 Å². The van der Waals surface area contributed by atoms with Crippen LogP contribution in [0.1, 0.15) is 56.5 Å². The molecule has 1 aliphatic carbocycles. The van der Waals surface area contributed by atoms with Crippen molar-refractivity contribution in [1.82, 2.24) is 0 Å². The molecule has 14 rings (SSSR count). The fourth-order valence-electron chi connectivity index (χ4n) is 12.3. The van der Waals surface area contributed by atoms with E-state index in [1.54, 1.807) is 0 Å². The molecule has 0 bridgehead atoms. The van der Waals surface area contributed by atoms with Gasteiger partial charge in [-0.05, 0) is 143 Å². The third kappa shape index (κ3) is 5.69. The predicted octanol–water partition coefficient (Wildman–Crippen LogP) is 16.6. The Hall–Kier alpha value is -8.20. The van der Waals surface area contributed by atoms with Gasteiger partial charge in [0.05, 0.1) is 11.1 Å². The van der Waals surface area contributed by atoms with Crippen molar-refractivity contribution in [3.63, 3.8) is 0 Å². The molecule has 316 valence electrons. The van der Waals surface area contributed by atoms with Crippen LogP contribution >= 0.6 is 0 Å². The largest absolute Gasteiger partial charge is 0.341 e. The average molecular weight is 855 g/mol. The van der Waals surface area contributed by atoms with Crippen molar-refractivity contribution in [2.75, 3.05) is 16.3 Å². The lowest BCUT2D eigenvalue weighted by atomic mass is 9.67. The van der Waals surface area contributed by atoms with E-state index in [2.05, 4.69) is 240 Å². The van der Waals surface area contributed by atoms with Crippen molar-refractivity contribution in [3.8, 4) is 11.1 Å². The summed E-state index contributed by atoms with van der Waals surface area (Å²) in [4.78, 5) is 5.03. The number of anilines is 5. The molecule has 0 radical (unpaired) electrons. The molecule has 0 saturated heterocycles. The molecule has 11 aromatic rings. The van der Waals surface area contributed by atoms with E-state index in [0.717, 1.165) is 25.8 Å². The topological polar surface area (TPSA) is 6.48 Å². The minimum absolute atomic E-state index is 0.511. The first-order valence-electron chi connectivity index (χ1n) is 23.8. The summed E-state index contributed by atoms with van der Waals surface area (Å²) in [5, 5.41) is 7.71. The van der Waals surface area contributed by atoms with Gasteiger partial charge in [-0.15, -0.1) is 0 Å². The first kappa shape index (κ1) is 38.1. The van der Waals surface area contributed by atoms with Gasteiger partial charge in [-0.3, -0.25) is 0 Å². The zero-order chi connectivity index (χ0) is 44.1. The van der Waals surface area contributed by atoms with Crippen LogP contribution < -0.4 is 9.80 Å². The second kappa shape index (κ2) is 14.9. The summed E-state index contributed by atoms with van der Waals surface area (Å²) < 4.78 is 0. The van der Waals surface area contributed by atoms with Gasteiger partial charge in [0, 0.05) is 41.1 Å². The average Bonchev–Trinajstić information content (AvgIpc) is 3.69. The lowest BCUT2D eigenvalue weighted by molar-refractivity contribution is 0.756. The summed E-state index contributed by atoms with van der Waals surface area (Å²) in [5.74, 6) is 0. The highest BCUT2D eigenvalue weighted by molar-refractivity contribution is 6.27. The molecular formula is C65H46N2. The van der Waals surface area contributed by atoms with Crippen molar-refractivity contribution >= 4 is 72.9 Å². The summed E-state index contributed by atoms with van der Waals surface area (Å²) in [6.45, 7) is 1.01. The van der Waals surface area contributed by atoms with Gasteiger partial charge >= 0.3 is 0 Å². The molecule has 0 saturated carbocycles. The highest BCUT2D eigenvalue weighted by Crippen LogP contribution is 2.58. The molecule has 0 amide bonds. The summed E-state index contributed by atoms with van der Waals surface area (Å²) >= 11 is 0. The van der Waals surface area contributed by atoms with E-state index in [1.807, 2.05) is 0 Å². The first-order chi connectivity index (χ1) is 33.2. The fourth-order valence-corrected chi connectivity index (χ4v) is 12.3. The van der Waals surface area contributed by atoms with Gasteiger partial charge in [0.25, 0.3) is 0 Å². The van der Waals surface area contributed by atoms with Crippen molar-refractivity contribution < 1.29 is 0 Å². The van der Waals surface area contributed by atoms with Crippen molar-refractivity contribution in [3.05, 3.63) is 268 Å². The minimum Gasteiger partial charge on any atom is -0.341 e. The maximum Gasteiger partial charge on any atom is 0.0714 e. The monoisotopic (exact) mass is 854 g/mol. The third-order valence-corrected chi connectivity index (χ3v) is 15.2. The third-order valence-electron chi connectivity index (χ3n) is 15.2. The SMILES string of the molecule is C(=C\c1ccc2ccc3c(N4c5ccccc5Cc5ccccc54)ccc4ccc1c2c43)/c1ccc2c(c1)C(c1ccccc1)(c1ccccc1)c1cc(N3CCCc4ccccc43)ccc1-2. The van der Waals surface area contributed by atoms with E-state index in [1.165, 1.54) is 122 Å². The zero-order valence-corrected chi connectivity index (χ0v) is 37.2. The molecule has 67 heavy (non-hydrogen) atoms. The molecule has 11 aromatic carbocycles. The van der Waals surface area contributed by atoms with Gasteiger partial charge in [0.15, 0.2) is 0 Å². The van der Waals surface area contributed by atoms with Crippen LogP contribution in [-0.2, 0) is 18.3 Å². The maximum atomic E-state index is 2.54. The van der Waals surface area contributed by atoms with Crippen molar-refractivity contribution in [2.24, 2.45) is 0 Å². The molecule has 0 aromatic heterocycles. The second-order valence-electron chi connectivity index (χ2n) is 18.7. The Morgan fingerprint density at radius 1 is 0.418 bits per heavy atom. The number of hydrogen-bond donors (Lipinski definition) is 0. The summed E-state index contributed by atoms with van der Waals surface area (Å²) in [6, 6.07) is 82.1. The highest BCUT2D eigenvalue weighted by atomic mass is 15.2. The van der Waals surface area contributed by atoms with Crippen LogP contribution in [0.2, 0.25) is 0 Å². The number of fused-ring (bicyclic) bond motifs is 6. The molecule has 0 unspecified atom stereocenters. The molecule has 0 atom stereocenters. The van der Waals surface area contributed by atoms with E-state index in [9.17, 15) is 0 Å². The Balaban J connectivity index is 0.914. The lowest BCUT2D eigenvalue weighted by Crippen LogP contribution is -2.29. The number of rotatable bonds is 6. The molecule has 0 fully saturated rings. The normalized spacial score (nSPS) is 14.6. The van der Waals surface area contributed by atoms with Gasteiger partial charge in [0.2, 0.25) is 0 Å². The molecule has 2 heteroatoms. The molecule has 3 aliphatic rings. The van der Waals surface area contributed by atoms with E-state index < -0.39 is 5.41 Å². The Morgan fingerprint density at radius 2 is 0.985 bits per heavy atom. The van der Waals surface area contributed by atoms with E-state index >= 15 is 0 Å². The number of para-hydroxylation sites is 3. The number of nitrogens with zero attached hydrogens (tertiary/aromatic N) is 2. The van der Waals surface area contributed by atoms with Crippen molar-refractivity contribution in [2.45, 2.75) is 24.7 Å². The van der Waals surface area contributed by atoms with Crippen molar-refractivity contribution in [1.29, 1.82) is 0 Å². The van der Waals surface area contributed by atoms with Gasteiger partial charge in [0.1, 0.15) is 0 Å². The Morgan fingerprint density at radius 3 is 1.70 bits per heavy atom. The smallest absolute Gasteiger partial charge is 0.0714 e. The lowest BCUT2D eigenvalue weighted by Gasteiger charge is -2.36. The number of aryl methyl sites for hydroxylation is 1. The molecule has 0 spiro atoms. The van der Waals surface area contributed by atoms with Gasteiger partial charge in [-0.2, -0.15) is 0 Å². The minimum atomic E-state index is -0.511. The predicted molar refractivity (Wildman–Crippen MR) is 282 cm³/mol. The summed E-state index contributed by atoms with van der Waals surface area (Å²) in [6.07, 6.45) is 7.88. The molecule has 2 heterocycles. The fraction of sp³-hybridized carbons (Fsp3) is 0.0769. The van der Waals surface area contributed by atoms with Crippen LogP contribution in [0.3, 0.4) is 0 Å². The molecular weight excluding hydrogens is 809 g/mol. The van der Waals surface area contributed by atoms with Crippen LogP contribution in [0.15, 0.2) is 218 Å². The first-order valence-corrected chi connectivity index (χ1v) is 23.8. The summed E-state index contributed by atoms with van der Waals surface area (Å²) in [7, 11) is 0. The van der Waals surface area contributed by atoms with E-state index in [-0.39, 0.29) is 0 Å². The highest BCUT2D eigenvalue weighted by Gasteiger charge is 2.46. The Kier molecular flexibility index (Phi) is 8.48. The van der Waals surface area contributed by atoms with Gasteiger partial charge in [-0.1, -0.05) is 188 Å². The molecule has 2 nitrogen and oxygen atoms in total. The number of benzene rings is 11. The van der Waals surface area contributed by atoms with Crippen LogP contribution in [0, 0.1) is 0 Å². The summed E-state index contributed by atoms with van der Waals surface area (Å²) in [5.41, 5.74) is 20.1. The van der Waals surface area contributed by atoms with Gasteiger partial charge < -0.3 is 9.80 Å². The Labute approximate surface area is 391 Å². The quantitative estimate of drug-likeness (QED) is 0.121. The molecule has 0 N–H and O–H groups in total. The maximum absolute atomic E-state index is 2.54. The van der Waals surface area contributed by atoms with Crippen LogP contribution in [0.25, 0.3) is 55.6 Å². The van der Waals surface area contributed by atoms with Crippen LogP contribution in [0.4, 0.5) is 28.4 Å². The number of hydrogen-bond acceptors (Lipinski definition) is 2. The Bertz CT molecular complexity index is 3680. The van der Waals surface area contributed by atoms with Crippen LogP contribution in [-0.4, -0.2) is 6.54 Å². The molecule has 2 aliphatic heterocycles. The van der Waals surface area contributed by atoms with E-state index in [4.69, 9.17) is 0 Å².